The molecule has 2 rings (SSSR count). The first-order valence-corrected chi connectivity index (χ1v) is 5.65. The molecule has 18 heavy (non-hydrogen) atoms. The molecule has 1 amide bonds. The fourth-order valence-electron chi connectivity index (χ4n) is 1.89. The van der Waals surface area contributed by atoms with E-state index < -0.39 is 11.6 Å². The van der Waals surface area contributed by atoms with Crippen molar-refractivity contribution in [1.29, 1.82) is 0 Å². The van der Waals surface area contributed by atoms with Crippen LogP contribution >= 0.6 is 0 Å². The summed E-state index contributed by atoms with van der Waals surface area (Å²) in [6.45, 7) is 2.00. The van der Waals surface area contributed by atoms with Crippen LogP contribution in [0.1, 0.15) is 12.5 Å². The Morgan fingerprint density at radius 3 is 3.06 bits per heavy atom. The van der Waals surface area contributed by atoms with E-state index in [0.29, 0.717) is 12.0 Å². The zero-order valence-corrected chi connectivity index (χ0v) is 9.87. The van der Waals surface area contributed by atoms with Crippen molar-refractivity contribution in [2.75, 3.05) is 6.54 Å². The van der Waals surface area contributed by atoms with Gasteiger partial charge in [-0.2, -0.15) is 0 Å². The van der Waals surface area contributed by atoms with Gasteiger partial charge >= 0.3 is 0 Å². The highest BCUT2D eigenvalue weighted by molar-refractivity contribution is 5.87. The molecule has 5 heteroatoms. The maximum absolute atomic E-state index is 13.4. The molecule has 1 heterocycles. The summed E-state index contributed by atoms with van der Waals surface area (Å²) in [4.78, 5) is 11.2. The normalized spacial score (nSPS) is 17.6. The molecule has 0 spiro atoms. The Balaban J connectivity index is 1.98. The maximum Gasteiger partial charge on any atom is 0.243 e. The summed E-state index contributed by atoms with van der Waals surface area (Å²) in [6, 6.07) is 2.05. The third-order valence-corrected chi connectivity index (χ3v) is 2.64. The Labute approximate surface area is 103 Å². The van der Waals surface area contributed by atoms with Crippen LogP contribution in [0.3, 0.4) is 0 Å². The summed E-state index contributed by atoms with van der Waals surface area (Å²) in [5, 5.41) is 2.63. The van der Waals surface area contributed by atoms with Gasteiger partial charge in [-0.05, 0) is 19.1 Å². The summed E-state index contributed by atoms with van der Waals surface area (Å²) in [5.74, 6) is -1.47. The minimum absolute atomic E-state index is 0.0849. The molecule has 1 aromatic rings. The highest BCUT2D eigenvalue weighted by atomic mass is 19.1. The van der Waals surface area contributed by atoms with Gasteiger partial charge in [0.1, 0.15) is 11.9 Å². The van der Waals surface area contributed by atoms with Crippen molar-refractivity contribution in [3.05, 3.63) is 41.5 Å². The molecule has 0 saturated heterocycles. The zero-order chi connectivity index (χ0) is 13.1. The van der Waals surface area contributed by atoms with E-state index in [1.165, 1.54) is 12.1 Å². The summed E-state index contributed by atoms with van der Waals surface area (Å²) >= 11 is 0. The van der Waals surface area contributed by atoms with E-state index in [1.54, 1.807) is 13.0 Å². The first-order chi connectivity index (χ1) is 8.60. The van der Waals surface area contributed by atoms with Crippen LogP contribution in [0.5, 0.6) is 5.75 Å². The Kier molecular flexibility index (Phi) is 3.60. The second kappa shape index (κ2) is 5.16. The molecule has 0 aromatic heterocycles. The van der Waals surface area contributed by atoms with Crippen molar-refractivity contribution >= 4 is 5.91 Å². The van der Waals surface area contributed by atoms with Crippen LogP contribution in [-0.4, -0.2) is 18.6 Å². The number of carbonyl (C=O) groups is 1. The van der Waals surface area contributed by atoms with Crippen molar-refractivity contribution < 1.29 is 18.3 Å². The zero-order valence-electron chi connectivity index (χ0n) is 9.87. The Bertz CT molecular complexity index is 500. The Morgan fingerprint density at radius 1 is 1.56 bits per heavy atom. The molecule has 1 aliphatic heterocycles. The molecular formula is C13H13F2NO2. The van der Waals surface area contributed by atoms with Crippen molar-refractivity contribution in [3.63, 3.8) is 0 Å². The van der Waals surface area contributed by atoms with Gasteiger partial charge in [0.15, 0.2) is 11.6 Å². The van der Waals surface area contributed by atoms with Crippen molar-refractivity contribution in [2.45, 2.75) is 19.4 Å². The number of fused-ring (bicyclic) bond motifs is 1. The molecule has 96 valence electrons. The number of amides is 1. The first-order valence-electron chi connectivity index (χ1n) is 5.65. The average Bonchev–Trinajstić information content (AvgIpc) is 2.70. The maximum atomic E-state index is 13.4. The number of hydrogen-bond acceptors (Lipinski definition) is 2. The minimum Gasteiger partial charge on any atom is -0.485 e. The molecule has 0 radical (unpaired) electrons. The molecule has 1 unspecified atom stereocenters. The van der Waals surface area contributed by atoms with E-state index in [4.69, 9.17) is 4.74 Å². The lowest BCUT2D eigenvalue weighted by atomic mass is 10.1. The third kappa shape index (κ3) is 2.67. The van der Waals surface area contributed by atoms with Gasteiger partial charge < -0.3 is 10.1 Å². The quantitative estimate of drug-likeness (QED) is 0.836. The summed E-state index contributed by atoms with van der Waals surface area (Å²) in [5.41, 5.74) is 0.498. The number of allylic oxidation sites excluding steroid dienone is 1. The lowest BCUT2D eigenvalue weighted by Crippen LogP contribution is -2.33. The number of rotatable bonds is 3. The molecule has 0 bridgehead atoms. The molecule has 1 aliphatic rings. The van der Waals surface area contributed by atoms with Crippen LogP contribution in [0.15, 0.2) is 24.3 Å². The fraction of sp³-hybridized carbons (Fsp3) is 0.308. The monoisotopic (exact) mass is 253 g/mol. The van der Waals surface area contributed by atoms with Crippen LogP contribution in [-0.2, 0) is 11.2 Å². The Morgan fingerprint density at radius 2 is 2.33 bits per heavy atom. The fourth-order valence-corrected chi connectivity index (χ4v) is 1.89. The van der Waals surface area contributed by atoms with E-state index in [2.05, 4.69) is 5.32 Å². The van der Waals surface area contributed by atoms with Crippen LogP contribution in [0, 0.1) is 11.6 Å². The molecule has 1 N–H and O–H groups in total. The van der Waals surface area contributed by atoms with Gasteiger partial charge in [-0.1, -0.05) is 6.08 Å². The number of benzene rings is 1. The average molecular weight is 253 g/mol. The number of ether oxygens (including phenoxy) is 1. The van der Waals surface area contributed by atoms with Crippen LogP contribution in [0.25, 0.3) is 0 Å². The Hall–Kier alpha value is -1.91. The van der Waals surface area contributed by atoms with Crippen molar-refractivity contribution in [1.82, 2.24) is 5.32 Å². The van der Waals surface area contributed by atoms with Crippen LogP contribution in [0.2, 0.25) is 0 Å². The summed E-state index contributed by atoms with van der Waals surface area (Å²) in [7, 11) is 0. The first kappa shape index (κ1) is 12.5. The number of carbonyl (C=O) groups excluding carboxylic acids is 1. The van der Waals surface area contributed by atoms with Crippen molar-refractivity contribution in [2.24, 2.45) is 0 Å². The molecule has 3 nitrogen and oxygen atoms in total. The van der Waals surface area contributed by atoms with Crippen molar-refractivity contribution in [3.8, 4) is 5.75 Å². The SMILES string of the molecule is C/C=C/C(=O)NCC1Cc2cc(F)cc(F)c2O1. The molecule has 1 aromatic carbocycles. The molecule has 1 atom stereocenters. The van der Waals surface area contributed by atoms with Gasteiger partial charge in [-0.3, -0.25) is 4.79 Å². The predicted molar refractivity (Wildman–Crippen MR) is 62.3 cm³/mol. The molecule has 0 fully saturated rings. The van der Waals surface area contributed by atoms with E-state index in [0.717, 1.165) is 6.07 Å². The van der Waals surface area contributed by atoms with Gasteiger partial charge in [0.05, 0.1) is 6.54 Å². The largest absolute Gasteiger partial charge is 0.485 e. The lowest BCUT2D eigenvalue weighted by Gasteiger charge is -2.10. The number of nitrogens with one attached hydrogen (secondary N) is 1. The van der Waals surface area contributed by atoms with Crippen LogP contribution in [0.4, 0.5) is 8.78 Å². The number of halogens is 2. The second-order valence-electron chi connectivity index (χ2n) is 4.06. The second-order valence-corrected chi connectivity index (χ2v) is 4.06. The highest BCUT2D eigenvalue weighted by Gasteiger charge is 2.26. The van der Waals surface area contributed by atoms with Gasteiger partial charge in [0.2, 0.25) is 5.91 Å². The predicted octanol–water partition coefficient (Wildman–Crippen LogP) is 1.96. The smallest absolute Gasteiger partial charge is 0.243 e. The van der Waals surface area contributed by atoms with Gasteiger partial charge in [-0.15, -0.1) is 0 Å². The van der Waals surface area contributed by atoms with Gasteiger partial charge in [0.25, 0.3) is 0 Å². The molecular weight excluding hydrogens is 240 g/mol. The third-order valence-electron chi connectivity index (χ3n) is 2.64. The van der Waals surface area contributed by atoms with E-state index in [-0.39, 0.29) is 24.3 Å². The van der Waals surface area contributed by atoms with Gasteiger partial charge in [0, 0.05) is 18.1 Å². The molecule has 0 saturated carbocycles. The van der Waals surface area contributed by atoms with Gasteiger partial charge in [-0.25, -0.2) is 8.78 Å². The molecule has 0 aliphatic carbocycles. The standard InChI is InChI=1S/C13H13F2NO2/c1-2-3-12(17)16-7-10-5-8-4-9(14)6-11(15)13(8)18-10/h2-4,6,10H,5,7H2,1H3,(H,16,17)/b3-2+. The summed E-state index contributed by atoms with van der Waals surface area (Å²) in [6.07, 6.45) is 3.04. The lowest BCUT2D eigenvalue weighted by molar-refractivity contribution is -0.116. The van der Waals surface area contributed by atoms with Crippen LogP contribution < -0.4 is 10.1 Å². The topological polar surface area (TPSA) is 38.3 Å². The van der Waals surface area contributed by atoms with E-state index in [1.807, 2.05) is 0 Å². The minimum atomic E-state index is -0.702. The summed E-state index contributed by atoms with van der Waals surface area (Å²) < 4.78 is 31.7. The van der Waals surface area contributed by atoms with E-state index in [9.17, 15) is 13.6 Å². The van der Waals surface area contributed by atoms with E-state index >= 15 is 0 Å². The highest BCUT2D eigenvalue weighted by Crippen LogP contribution is 2.32. The number of hydrogen-bond donors (Lipinski definition) is 1.